The van der Waals surface area contributed by atoms with Crippen molar-refractivity contribution in [3.05, 3.63) is 23.3 Å². The van der Waals surface area contributed by atoms with E-state index in [1.54, 1.807) is 0 Å². The Morgan fingerprint density at radius 3 is 2.82 bits per heavy atom. The summed E-state index contributed by atoms with van der Waals surface area (Å²) in [7, 11) is 0. The van der Waals surface area contributed by atoms with E-state index in [9.17, 15) is 4.79 Å². The van der Waals surface area contributed by atoms with Gasteiger partial charge in [0.25, 0.3) is 0 Å². The first-order valence-corrected chi connectivity index (χ1v) is 6.53. The van der Waals surface area contributed by atoms with Gasteiger partial charge in [0.2, 0.25) is 0 Å². The van der Waals surface area contributed by atoms with Crippen molar-refractivity contribution < 1.29 is 9.53 Å². The van der Waals surface area contributed by atoms with Gasteiger partial charge in [-0.2, -0.15) is 0 Å². The van der Waals surface area contributed by atoms with Crippen LogP contribution in [0.3, 0.4) is 0 Å². The van der Waals surface area contributed by atoms with E-state index < -0.39 is 0 Å². The molecule has 0 N–H and O–H groups in total. The van der Waals surface area contributed by atoms with Gasteiger partial charge in [-0.05, 0) is 37.0 Å². The van der Waals surface area contributed by atoms with Gasteiger partial charge in [0.05, 0.1) is 0 Å². The number of cyclic esters (lactones) is 1. The van der Waals surface area contributed by atoms with Crippen molar-refractivity contribution in [1.82, 2.24) is 0 Å². The van der Waals surface area contributed by atoms with Crippen LogP contribution in [0.25, 0.3) is 0 Å². The fourth-order valence-corrected chi connectivity index (χ4v) is 3.78. The number of carbonyl (C=O) groups excluding carboxylic acids is 1. The summed E-state index contributed by atoms with van der Waals surface area (Å²) >= 11 is 0. The third kappa shape index (κ3) is 1.74. The fraction of sp³-hybridized carbons (Fsp3) is 0.667. The lowest BCUT2D eigenvalue weighted by Gasteiger charge is -2.17. The van der Waals surface area contributed by atoms with E-state index in [2.05, 4.69) is 32.9 Å². The van der Waals surface area contributed by atoms with Gasteiger partial charge in [-0.25, -0.2) is 4.79 Å². The van der Waals surface area contributed by atoms with Gasteiger partial charge in [0.1, 0.15) is 6.61 Å². The molecule has 0 amide bonds. The lowest BCUT2D eigenvalue weighted by molar-refractivity contribution is -0.135. The molecule has 1 heterocycles. The average Bonchev–Trinajstić information content (AvgIpc) is 2.68. The normalized spacial score (nSPS) is 38.8. The Labute approximate surface area is 103 Å². The van der Waals surface area contributed by atoms with E-state index in [-0.39, 0.29) is 11.9 Å². The first-order chi connectivity index (χ1) is 7.96. The summed E-state index contributed by atoms with van der Waals surface area (Å²) in [5.41, 5.74) is 2.77. The highest BCUT2D eigenvalue weighted by atomic mass is 16.5. The Kier molecular flexibility index (Phi) is 2.26. The van der Waals surface area contributed by atoms with Gasteiger partial charge in [0.15, 0.2) is 0 Å². The van der Waals surface area contributed by atoms with Crippen molar-refractivity contribution in [2.24, 2.45) is 23.2 Å². The second-order valence-corrected chi connectivity index (χ2v) is 6.58. The summed E-state index contributed by atoms with van der Waals surface area (Å²) in [6.07, 6.45) is 6.91. The minimum Gasteiger partial charge on any atom is -0.461 e. The second kappa shape index (κ2) is 3.47. The molecule has 1 saturated carbocycles. The van der Waals surface area contributed by atoms with Crippen molar-refractivity contribution in [3.63, 3.8) is 0 Å². The highest BCUT2D eigenvalue weighted by molar-refractivity contribution is 5.91. The summed E-state index contributed by atoms with van der Waals surface area (Å²) < 4.78 is 5.15. The number of fused-ring (bicyclic) bond motifs is 2. The lowest BCUT2D eigenvalue weighted by atomic mass is 9.88. The molecular weight excluding hydrogens is 212 g/mol. The summed E-state index contributed by atoms with van der Waals surface area (Å²) in [5, 5.41) is 0. The molecule has 0 aromatic heterocycles. The Morgan fingerprint density at radius 2 is 2.06 bits per heavy atom. The highest BCUT2D eigenvalue weighted by Crippen LogP contribution is 2.51. The molecule has 3 atom stereocenters. The van der Waals surface area contributed by atoms with Crippen LogP contribution in [0.15, 0.2) is 23.3 Å². The number of hydrogen-bond acceptors (Lipinski definition) is 2. The molecule has 1 aliphatic heterocycles. The van der Waals surface area contributed by atoms with E-state index in [4.69, 9.17) is 4.74 Å². The zero-order valence-corrected chi connectivity index (χ0v) is 10.8. The van der Waals surface area contributed by atoms with E-state index in [0.717, 1.165) is 5.57 Å². The Balaban J connectivity index is 2.00. The quantitative estimate of drug-likeness (QED) is 0.474. The Hall–Kier alpha value is -1.05. The van der Waals surface area contributed by atoms with Gasteiger partial charge in [-0.3, -0.25) is 0 Å². The van der Waals surface area contributed by atoms with Crippen molar-refractivity contribution in [3.8, 4) is 0 Å². The van der Waals surface area contributed by atoms with Crippen LogP contribution in [0.1, 0.15) is 33.6 Å². The largest absolute Gasteiger partial charge is 0.461 e. The van der Waals surface area contributed by atoms with Gasteiger partial charge in [-0.1, -0.05) is 31.6 Å². The van der Waals surface area contributed by atoms with Crippen molar-refractivity contribution in [2.75, 3.05) is 6.61 Å². The molecule has 2 nitrogen and oxygen atoms in total. The van der Waals surface area contributed by atoms with Crippen LogP contribution in [0.4, 0.5) is 0 Å². The van der Waals surface area contributed by atoms with Crippen LogP contribution in [0.5, 0.6) is 0 Å². The molecule has 2 heteroatoms. The molecule has 3 rings (SSSR count). The summed E-state index contributed by atoms with van der Waals surface area (Å²) in [5.74, 6) is 1.29. The predicted octanol–water partition coefficient (Wildman–Crippen LogP) is 3.10. The van der Waals surface area contributed by atoms with Crippen LogP contribution >= 0.6 is 0 Å². The molecule has 0 aromatic rings. The molecule has 17 heavy (non-hydrogen) atoms. The average molecular weight is 232 g/mol. The van der Waals surface area contributed by atoms with E-state index >= 15 is 0 Å². The maximum Gasteiger partial charge on any atom is 0.334 e. The molecule has 3 aliphatic rings. The number of allylic oxidation sites excluding steroid dienone is 2. The smallest absolute Gasteiger partial charge is 0.334 e. The second-order valence-electron chi connectivity index (χ2n) is 6.58. The van der Waals surface area contributed by atoms with Crippen LogP contribution < -0.4 is 0 Å². The topological polar surface area (TPSA) is 26.3 Å². The van der Waals surface area contributed by atoms with Crippen molar-refractivity contribution in [2.45, 2.75) is 33.6 Å². The van der Waals surface area contributed by atoms with Crippen LogP contribution in [-0.4, -0.2) is 12.6 Å². The third-order valence-corrected chi connectivity index (χ3v) is 4.55. The van der Waals surface area contributed by atoms with E-state index in [0.29, 0.717) is 23.9 Å². The Bertz CT molecular complexity index is 428. The first-order valence-electron chi connectivity index (χ1n) is 6.53. The van der Waals surface area contributed by atoms with Crippen LogP contribution in [-0.2, 0) is 9.53 Å². The molecule has 0 spiro atoms. The highest BCUT2D eigenvalue weighted by Gasteiger charge is 2.42. The predicted molar refractivity (Wildman–Crippen MR) is 66.3 cm³/mol. The zero-order valence-electron chi connectivity index (χ0n) is 10.8. The van der Waals surface area contributed by atoms with Gasteiger partial charge in [-0.15, -0.1) is 0 Å². The number of ether oxygens (including phenoxy) is 1. The molecule has 3 unspecified atom stereocenters. The summed E-state index contributed by atoms with van der Waals surface area (Å²) in [6, 6.07) is 0. The first kappa shape index (κ1) is 11.1. The number of carbonyl (C=O) groups is 1. The number of esters is 1. The molecule has 1 saturated heterocycles. The maximum absolute atomic E-state index is 11.7. The minimum atomic E-state index is -0.0931. The zero-order chi connectivity index (χ0) is 12.2. The lowest BCUT2D eigenvalue weighted by Crippen LogP contribution is -2.07. The third-order valence-electron chi connectivity index (χ3n) is 4.55. The molecule has 0 radical (unpaired) electrons. The number of hydrogen-bond donors (Lipinski definition) is 0. The van der Waals surface area contributed by atoms with Crippen molar-refractivity contribution in [1.29, 1.82) is 0 Å². The van der Waals surface area contributed by atoms with Crippen LogP contribution in [0, 0.1) is 23.2 Å². The fourth-order valence-electron chi connectivity index (χ4n) is 3.78. The Morgan fingerprint density at radius 1 is 1.29 bits per heavy atom. The standard InChI is InChI=1S/C15H20O2/c1-9-4-11-8-17-14(16)12(11)5-10-6-15(2,3)7-13(9)10/h4-5,10-11,13H,6-8H2,1-3H3. The SMILES string of the molecule is CC1=CC2COC(=O)C2=CC2CC(C)(C)CC12. The summed E-state index contributed by atoms with van der Waals surface area (Å²) in [4.78, 5) is 11.7. The molecule has 0 bridgehead atoms. The summed E-state index contributed by atoms with van der Waals surface area (Å²) in [6.45, 7) is 7.43. The van der Waals surface area contributed by atoms with Gasteiger partial charge in [0, 0.05) is 11.5 Å². The molecular formula is C15H20O2. The molecule has 2 fully saturated rings. The molecule has 92 valence electrons. The van der Waals surface area contributed by atoms with Crippen LogP contribution in [0.2, 0.25) is 0 Å². The number of rotatable bonds is 0. The monoisotopic (exact) mass is 232 g/mol. The van der Waals surface area contributed by atoms with Gasteiger partial charge >= 0.3 is 5.97 Å². The van der Waals surface area contributed by atoms with E-state index in [1.807, 2.05) is 0 Å². The molecule has 2 aliphatic carbocycles. The maximum atomic E-state index is 11.7. The van der Waals surface area contributed by atoms with Crippen molar-refractivity contribution >= 4 is 5.97 Å². The molecule has 0 aromatic carbocycles. The minimum absolute atomic E-state index is 0.0931. The van der Waals surface area contributed by atoms with Gasteiger partial charge < -0.3 is 4.74 Å². The van der Waals surface area contributed by atoms with E-state index in [1.165, 1.54) is 18.4 Å².